The second kappa shape index (κ2) is 5.08. The van der Waals surface area contributed by atoms with Crippen molar-refractivity contribution in [1.82, 2.24) is 4.98 Å². The molecule has 1 nitrogen and oxygen atoms in total. The maximum absolute atomic E-state index is 13.6. The van der Waals surface area contributed by atoms with Crippen molar-refractivity contribution in [3.63, 3.8) is 0 Å². The first-order valence-corrected chi connectivity index (χ1v) is 6.33. The van der Waals surface area contributed by atoms with Crippen LogP contribution in [0.1, 0.15) is 37.9 Å². The molecule has 0 amide bonds. The fourth-order valence-electron chi connectivity index (χ4n) is 2.02. The second-order valence-corrected chi connectivity index (χ2v) is 5.06. The van der Waals surface area contributed by atoms with Crippen molar-refractivity contribution in [3.8, 4) is 11.1 Å². The number of alkyl halides is 2. The summed E-state index contributed by atoms with van der Waals surface area (Å²) >= 11 is 0. The fraction of sp³-hybridized carbons (Fsp3) is 0.312. The van der Waals surface area contributed by atoms with Crippen LogP contribution in [0.2, 0.25) is 0 Å². The molecule has 19 heavy (non-hydrogen) atoms. The normalized spacial score (nSPS) is 11.9. The summed E-state index contributed by atoms with van der Waals surface area (Å²) < 4.78 is 27.2. The molecule has 2 aromatic rings. The number of aromatic nitrogens is 1. The lowest BCUT2D eigenvalue weighted by Crippen LogP contribution is -2.08. The van der Waals surface area contributed by atoms with Gasteiger partial charge in [-0.15, -0.1) is 0 Å². The summed E-state index contributed by atoms with van der Waals surface area (Å²) in [6.45, 7) is 5.02. The summed E-state index contributed by atoms with van der Waals surface area (Å²) in [5, 5.41) is 0. The molecule has 0 saturated heterocycles. The van der Waals surface area contributed by atoms with Crippen LogP contribution in [-0.2, 0) is 5.92 Å². The van der Waals surface area contributed by atoms with Crippen LogP contribution in [0.3, 0.4) is 0 Å². The molecule has 1 heterocycles. The molecular weight excluding hydrogens is 244 g/mol. The van der Waals surface area contributed by atoms with Gasteiger partial charge < -0.3 is 0 Å². The highest BCUT2D eigenvalue weighted by molar-refractivity contribution is 5.67. The van der Waals surface area contributed by atoms with Crippen molar-refractivity contribution < 1.29 is 8.78 Å². The van der Waals surface area contributed by atoms with Gasteiger partial charge in [0.15, 0.2) is 0 Å². The monoisotopic (exact) mass is 261 g/mol. The van der Waals surface area contributed by atoms with Crippen LogP contribution in [0, 0.1) is 0 Å². The standard InChI is InChI=1S/C16H17F2N/c1-11(2)15-9-8-12(10-19-15)13-6-4-5-7-14(13)16(3,17)18/h4-11H,1-3H3. The first-order valence-electron chi connectivity index (χ1n) is 6.33. The molecule has 3 heteroatoms. The number of hydrogen-bond donors (Lipinski definition) is 0. The number of halogens is 2. The predicted octanol–water partition coefficient (Wildman–Crippen LogP) is 4.98. The zero-order valence-corrected chi connectivity index (χ0v) is 11.3. The first-order chi connectivity index (χ1) is 8.89. The molecule has 0 spiro atoms. The maximum atomic E-state index is 13.6. The van der Waals surface area contributed by atoms with Crippen molar-refractivity contribution in [2.75, 3.05) is 0 Å². The highest BCUT2D eigenvalue weighted by Crippen LogP contribution is 2.35. The van der Waals surface area contributed by atoms with Crippen LogP contribution < -0.4 is 0 Å². The second-order valence-electron chi connectivity index (χ2n) is 5.06. The lowest BCUT2D eigenvalue weighted by Gasteiger charge is -2.16. The van der Waals surface area contributed by atoms with E-state index in [-0.39, 0.29) is 5.56 Å². The summed E-state index contributed by atoms with van der Waals surface area (Å²) in [4.78, 5) is 4.33. The van der Waals surface area contributed by atoms with Gasteiger partial charge in [0.1, 0.15) is 0 Å². The lowest BCUT2D eigenvalue weighted by molar-refractivity contribution is 0.0181. The molecule has 1 aromatic carbocycles. The van der Waals surface area contributed by atoms with Crippen LogP contribution in [-0.4, -0.2) is 4.98 Å². The van der Waals surface area contributed by atoms with Gasteiger partial charge in [0.25, 0.3) is 5.92 Å². The zero-order valence-electron chi connectivity index (χ0n) is 11.3. The smallest absolute Gasteiger partial charge is 0.260 e. The summed E-state index contributed by atoms with van der Waals surface area (Å²) in [6, 6.07) is 10.3. The summed E-state index contributed by atoms with van der Waals surface area (Å²) in [7, 11) is 0. The molecule has 0 aliphatic carbocycles. The SMILES string of the molecule is CC(C)c1ccc(-c2ccccc2C(C)(F)F)cn1. The van der Waals surface area contributed by atoms with Gasteiger partial charge in [-0.2, -0.15) is 0 Å². The summed E-state index contributed by atoms with van der Waals surface area (Å²) in [6.07, 6.45) is 1.67. The van der Waals surface area contributed by atoms with E-state index in [0.717, 1.165) is 18.2 Å². The van der Waals surface area contributed by atoms with Crippen LogP contribution in [0.25, 0.3) is 11.1 Å². The van der Waals surface area contributed by atoms with E-state index in [4.69, 9.17) is 0 Å². The molecule has 0 bridgehead atoms. The van der Waals surface area contributed by atoms with Crippen molar-refractivity contribution in [2.45, 2.75) is 32.6 Å². The zero-order chi connectivity index (χ0) is 14.0. The van der Waals surface area contributed by atoms with Gasteiger partial charge >= 0.3 is 0 Å². The highest BCUT2D eigenvalue weighted by atomic mass is 19.3. The van der Waals surface area contributed by atoms with Gasteiger partial charge in [-0.1, -0.05) is 44.2 Å². The largest absolute Gasteiger partial charge is 0.271 e. The Morgan fingerprint density at radius 2 is 1.74 bits per heavy atom. The van der Waals surface area contributed by atoms with E-state index in [1.165, 1.54) is 6.07 Å². The molecule has 2 rings (SSSR count). The third-order valence-electron chi connectivity index (χ3n) is 3.09. The fourth-order valence-corrected chi connectivity index (χ4v) is 2.02. The molecule has 0 N–H and O–H groups in total. The molecule has 1 aromatic heterocycles. The van der Waals surface area contributed by atoms with Gasteiger partial charge in [-0.05, 0) is 17.5 Å². The molecule has 0 aliphatic rings. The van der Waals surface area contributed by atoms with Gasteiger partial charge in [0.05, 0.1) is 0 Å². The van der Waals surface area contributed by atoms with Crippen LogP contribution >= 0.6 is 0 Å². The van der Waals surface area contributed by atoms with Crippen molar-refractivity contribution in [3.05, 3.63) is 53.9 Å². The third kappa shape index (κ3) is 2.98. The Morgan fingerprint density at radius 1 is 1.05 bits per heavy atom. The molecular formula is C16H17F2N. The topological polar surface area (TPSA) is 12.9 Å². The van der Waals surface area contributed by atoms with Gasteiger partial charge in [0.2, 0.25) is 0 Å². The van der Waals surface area contributed by atoms with Gasteiger partial charge in [-0.25, -0.2) is 8.78 Å². The van der Waals surface area contributed by atoms with Crippen LogP contribution in [0.5, 0.6) is 0 Å². The van der Waals surface area contributed by atoms with Gasteiger partial charge in [0, 0.05) is 29.9 Å². The summed E-state index contributed by atoms with van der Waals surface area (Å²) in [5.41, 5.74) is 2.26. The number of nitrogens with zero attached hydrogens (tertiary/aromatic N) is 1. The highest BCUT2D eigenvalue weighted by Gasteiger charge is 2.27. The van der Waals surface area contributed by atoms with E-state index < -0.39 is 5.92 Å². The average Bonchev–Trinajstić information content (AvgIpc) is 2.38. The Bertz CT molecular complexity index is 554. The quantitative estimate of drug-likeness (QED) is 0.759. The minimum atomic E-state index is -2.85. The molecule has 0 unspecified atom stereocenters. The predicted molar refractivity (Wildman–Crippen MR) is 73.3 cm³/mol. The minimum Gasteiger partial charge on any atom is -0.260 e. The molecule has 100 valence electrons. The Morgan fingerprint density at radius 3 is 2.26 bits per heavy atom. The van der Waals surface area contributed by atoms with Crippen LogP contribution in [0.15, 0.2) is 42.6 Å². The summed E-state index contributed by atoms with van der Waals surface area (Å²) in [5.74, 6) is -2.52. The van der Waals surface area contributed by atoms with Crippen molar-refractivity contribution >= 4 is 0 Å². The van der Waals surface area contributed by atoms with E-state index in [2.05, 4.69) is 18.8 Å². The number of benzene rings is 1. The average molecular weight is 261 g/mol. The van der Waals surface area contributed by atoms with Crippen molar-refractivity contribution in [1.29, 1.82) is 0 Å². The first kappa shape index (κ1) is 13.7. The van der Waals surface area contributed by atoms with E-state index in [9.17, 15) is 8.78 Å². The van der Waals surface area contributed by atoms with Crippen molar-refractivity contribution in [2.24, 2.45) is 0 Å². The number of rotatable bonds is 3. The Labute approximate surface area is 112 Å². The van der Waals surface area contributed by atoms with E-state index in [1.54, 1.807) is 24.4 Å². The molecule has 0 fully saturated rings. The molecule has 0 radical (unpaired) electrons. The number of hydrogen-bond acceptors (Lipinski definition) is 1. The minimum absolute atomic E-state index is 0.0362. The Hall–Kier alpha value is -1.77. The van der Waals surface area contributed by atoms with E-state index in [1.807, 2.05) is 12.1 Å². The number of pyridine rings is 1. The molecule has 0 aliphatic heterocycles. The third-order valence-corrected chi connectivity index (χ3v) is 3.09. The maximum Gasteiger partial charge on any atom is 0.271 e. The Balaban J connectivity index is 2.48. The molecule has 0 atom stereocenters. The Kier molecular flexibility index (Phi) is 3.65. The van der Waals surface area contributed by atoms with Gasteiger partial charge in [-0.3, -0.25) is 4.98 Å². The van der Waals surface area contributed by atoms with Crippen LogP contribution in [0.4, 0.5) is 8.78 Å². The molecule has 0 saturated carbocycles. The lowest BCUT2D eigenvalue weighted by atomic mass is 9.97. The van der Waals surface area contributed by atoms with E-state index in [0.29, 0.717) is 11.5 Å². The van der Waals surface area contributed by atoms with E-state index >= 15 is 0 Å².